The van der Waals surface area contributed by atoms with Crippen molar-refractivity contribution >= 4 is 51.6 Å². The lowest BCUT2D eigenvalue weighted by molar-refractivity contribution is -0.269. The van der Waals surface area contributed by atoms with Crippen molar-refractivity contribution in [1.29, 1.82) is 0 Å². The molecule has 0 bridgehead atoms. The van der Waals surface area contributed by atoms with Crippen LogP contribution in [0.1, 0.15) is 0 Å². The van der Waals surface area contributed by atoms with Crippen LogP contribution in [0.5, 0.6) is 11.5 Å². The summed E-state index contributed by atoms with van der Waals surface area (Å²) in [5.41, 5.74) is 0. The third kappa shape index (κ3) is 5.48. The molecule has 0 heterocycles. The van der Waals surface area contributed by atoms with Gasteiger partial charge in [0.2, 0.25) is 0 Å². The smallest absolute Gasteiger partial charge is 0.427 e. The van der Waals surface area contributed by atoms with Crippen molar-refractivity contribution in [3.8, 4) is 11.5 Å². The molecule has 26 heavy (non-hydrogen) atoms. The van der Waals surface area contributed by atoms with Crippen molar-refractivity contribution < 1.29 is 53.0 Å². The second-order valence-corrected chi connectivity index (χ2v) is 8.81. The molecule has 0 unspecified atom stereocenters. The maximum Gasteiger partial charge on any atom is 0.475 e. The first-order valence-electron chi connectivity index (χ1n) is 5.64. The van der Waals surface area contributed by atoms with Crippen molar-refractivity contribution in [1.82, 2.24) is 0 Å². The number of alkyl halides is 10. The average Bonchev–Trinajstić information content (AvgIpc) is 2.33. The van der Waals surface area contributed by atoms with Gasteiger partial charge in [-0.3, -0.25) is 0 Å². The fraction of sp³-hybridized carbons (Fsp3) is 0.400. The molecular formula is C10H3Br2ClF8O4S. The molecule has 0 amide bonds. The molecule has 16 heteroatoms. The van der Waals surface area contributed by atoms with Crippen LogP contribution in [0.2, 0.25) is 0 Å². The highest BCUT2D eigenvalue weighted by atomic mass is 79.9. The van der Waals surface area contributed by atoms with Crippen LogP contribution in [-0.4, -0.2) is 30.3 Å². The quantitative estimate of drug-likeness (QED) is 0.248. The fourth-order valence-corrected chi connectivity index (χ4v) is 2.35. The average molecular weight is 566 g/mol. The van der Waals surface area contributed by atoms with Crippen molar-refractivity contribution in [3.05, 3.63) is 18.2 Å². The van der Waals surface area contributed by atoms with Gasteiger partial charge in [-0.15, -0.1) is 0 Å². The van der Waals surface area contributed by atoms with E-state index in [-0.39, 0.29) is 12.1 Å². The first-order chi connectivity index (χ1) is 11.3. The minimum Gasteiger partial charge on any atom is -0.427 e. The van der Waals surface area contributed by atoms with Gasteiger partial charge in [-0.05, 0) is 12.1 Å². The Kier molecular flexibility index (Phi) is 6.44. The van der Waals surface area contributed by atoms with Crippen LogP contribution >= 0.6 is 42.5 Å². The Morgan fingerprint density at radius 1 is 0.846 bits per heavy atom. The Bertz CT molecular complexity index is 778. The standard InChI is InChI=1S/C10H3Br2ClF8O4S/c11-7(14,15)9(18,19)24-4-1-2-6(26(13,22)23)5(3-4)25-10(20,21)8(12,16)17/h1-3H. The Morgan fingerprint density at radius 2 is 1.27 bits per heavy atom. The third-order valence-corrected chi connectivity index (χ3v) is 4.61. The second kappa shape index (κ2) is 7.13. The van der Waals surface area contributed by atoms with Crippen LogP contribution in [0.4, 0.5) is 35.1 Å². The molecule has 0 fully saturated rings. The second-order valence-electron chi connectivity index (χ2n) is 4.28. The van der Waals surface area contributed by atoms with E-state index in [4.69, 9.17) is 10.7 Å². The van der Waals surface area contributed by atoms with Crippen molar-refractivity contribution in [3.63, 3.8) is 0 Å². The molecule has 0 saturated heterocycles. The summed E-state index contributed by atoms with van der Waals surface area (Å²) >= 11 is 2.59. The molecule has 0 aliphatic rings. The minimum atomic E-state index is -5.39. The van der Waals surface area contributed by atoms with E-state index >= 15 is 0 Å². The number of hydrogen-bond acceptors (Lipinski definition) is 4. The lowest BCUT2D eigenvalue weighted by Crippen LogP contribution is -2.41. The van der Waals surface area contributed by atoms with Gasteiger partial charge in [0.25, 0.3) is 9.05 Å². The number of halogens is 11. The molecule has 1 rings (SSSR count). The largest absolute Gasteiger partial charge is 0.475 e. The van der Waals surface area contributed by atoms with Crippen LogP contribution in [-0.2, 0) is 9.05 Å². The Morgan fingerprint density at radius 3 is 1.65 bits per heavy atom. The number of hydrogen-bond donors (Lipinski definition) is 0. The van der Waals surface area contributed by atoms with E-state index in [0.717, 1.165) is 0 Å². The molecule has 0 aliphatic carbocycles. The van der Waals surface area contributed by atoms with Crippen LogP contribution in [0.25, 0.3) is 0 Å². The Labute approximate surface area is 161 Å². The SMILES string of the molecule is O=S(=O)(Cl)c1ccc(OC(F)(F)C(F)(F)Br)cc1OC(F)(F)C(F)(F)Br. The van der Waals surface area contributed by atoms with E-state index in [1.807, 2.05) is 0 Å². The maximum atomic E-state index is 13.3. The number of rotatable bonds is 7. The molecule has 4 nitrogen and oxygen atoms in total. The van der Waals surface area contributed by atoms with Crippen LogP contribution < -0.4 is 9.47 Å². The van der Waals surface area contributed by atoms with Crippen LogP contribution in [0.3, 0.4) is 0 Å². The molecule has 0 saturated carbocycles. The van der Waals surface area contributed by atoms with Gasteiger partial charge in [0, 0.05) is 48.6 Å². The van der Waals surface area contributed by atoms with E-state index in [2.05, 4.69) is 9.47 Å². The zero-order valence-electron chi connectivity index (χ0n) is 11.4. The molecule has 0 radical (unpaired) electrons. The summed E-state index contributed by atoms with van der Waals surface area (Å²) in [7, 11) is 0.00951. The van der Waals surface area contributed by atoms with Gasteiger partial charge in [0.05, 0.1) is 0 Å². The first kappa shape index (κ1) is 23.5. The lowest BCUT2D eigenvalue weighted by atomic mass is 10.3. The Hall–Kier alpha value is -0.540. The molecule has 150 valence electrons. The van der Waals surface area contributed by atoms with E-state index in [1.54, 1.807) is 0 Å². The zero-order chi connectivity index (χ0) is 20.8. The summed E-state index contributed by atoms with van der Waals surface area (Å²) in [6.45, 7) is 0. The van der Waals surface area contributed by atoms with Gasteiger partial charge in [-0.1, -0.05) is 0 Å². The summed E-state index contributed by atoms with van der Waals surface area (Å²) in [6.07, 6.45) is -10.6. The monoisotopic (exact) mass is 564 g/mol. The number of ether oxygens (including phenoxy) is 2. The van der Waals surface area contributed by atoms with Gasteiger partial charge in [-0.2, -0.15) is 35.1 Å². The first-order valence-corrected chi connectivity index (χ1v) is 9.53. The Balaban J connectivity index is 3.42. The highest BCUT2D eigenvalue weighted by Gasteiger charge is 2.59. The van der Waals surface area contributed by atoms with E-state index < -0.39 is 47.3 Å². The number of benzene rings is 1. The van der Waals surface area contributed by atoms with Gasteiger partial charge >= 0.3 is 21.9 Å². The van der Waals surface area contributed by atoms with E-state index in [0.29, 0.717) is 6.07 Å². The van der Waals surface area contributed by atoms with Crippen molar-refractivity contribution in [2.24, 2.45) is 0 Å². The maximum absolute atomic E-state index is 13.3. The van der Waals surface area contributed by atoms with Gasteiger partial charge in [-0.25, -0.2) is 8.42 Å². The predicted octanol–water partition coefficient (Wildman–Crippen LogP) is 5.53. The summed E-state index contributed by atoms with van der Waals surface area (Å²) in [4.78, 5) is -11.3. The molecule has 0 N–H and O–H groups in total. The van der Waals surface area contributed by atoms with E-state index in [1.165, 1.54) is 31.9 Å². The van der Waals surface area contributed by atoms with Crippen LogP contribution in [0.15, 0.2) is 23.1 Å². The van der Waals surface area contributed by atoms with Crippen molar-refractivity contribution in [2.45, 2.75) is 26.8 Å². The molecule has 0 spiro atoms. The molecular weight excluding hydrogens is 563 g/mol. The fourth-order valence-electron chi connectivity index (χ4n) is 1.23. The zero-order valence-corrected chi connectivity index (χ0v) is 16.2. The molecule has 1 aromatic rings. The van der Waals surface area contributed by atoms with Gasteiger partial charge in [0.1, 0.15) is 16.4 Å². The third-order valence-electron chi connectivity index (χ3n) is 2.32. The topological polar surface area (TPSA) is 52.6 Å². The molecule has 0 aliphatic heterocycles. The molecule has 0 atom stereocenters. The lowest BCUT2D eigenvalue weighted by Gasteiger charge is -2.24. The highest BCUT2D eigenvalue weighted by Crippen LogP contribution is 2.45. The van der Waals surface area contributed by atoms with Crippen molar-refractivity contribution in [2.75, 3.05) is 0 Å². The summed E-state index contributed by atoms with van der Waals surface area (Å²) in [6, 6.07) is 0.520. The minimum absolute atomic E-state index is 0.0609. The summed E-state index contributed by atoms with van der Waals surface area (Å²) < 4.78 is 133. The van der Waals surface area contributed by atoms with E-state index in [9.17, 15) is 43.5 Å². The normalized spacial score (nSPS) is 14.3. The predicted molar refractivity (Wildman–Crippen MR) is 78.4 cm³/mol. The molecule has 1 aromatic carbocycles. The van der Waals surface area contributed by atoms with Crippen LogP contribution in [0, 0.1) is 0 Å². The summed E-state index contributed by atoms with van der Waals surface area (Å²) in [5, 5.41) is 0. The molecule has 0 aromatic heterocycles. The van der Waals surface area contributed by atoms with Gasteiger partial charge in [0.15, 0.2) is 0 Å². The summed E-state index contributed by atoms with van der Waals surface area (Å²) in [5.74, 6) is -2.97. The van der Waals surface area contributed by atoms with Gasteiger partial charge < -0.3 is 9.47 Å². The highest BCUT2D eigenvalue weighted by molar-refractivity contribution is 9.10.